The fourth-order valence-corrected chi connectivity index (χ4v) is 5.13. The molecule has 164 valence electrons. The van der Waals surface area contributed by atoms with Crippen LogP contribution in [-0.4, -0.2) is 15.3 Å². The molecule has 7 heteroatoms. The number of aromatic nitrogens is 2. The minimum absolute atomic E-state index is 0.0412. The van der Waals surface area contributed by atoms with Gasteiger partial charge in [-0.3, -0.25) is 14.0 Å². The van der Waals surface area contributed by atoms with E-state index in [1.54, 1.807) is 22.2 Å². The number of amides is 1. The first-order valence-corrected chi connectivity index (χ1v) is 12.2. The standard InChI is InChI=1S/C25H25N3O2S2/c1-16-14-32-24-26-19(13-22(29)28(16)24)15-31-21-8-6-5-7-20(21)27-23(30)17-9-11-18(12-10-17)25(2,3)4/h5-14H,15H2,1-4H3,(H,27,30). The van der Waals surface area contributed by atoms with Crippen molar-refractivity contribution >= 4 is 39.7 Å². The average molecular weight is 464 g/mol. The van der Waals surface area contributed by atoms with Crippen LogP contribution >= 0.6 is 23.1 Å². The molecule has 1 N–H and O–H groups in total. The van der Waals surface area contributed by atoms with E-state index >= 15 is 0 Å². The van der Waals surface area contributed by atoms with Crippen LogP contribution in [0, 0.1) is 6.92 Å². The number of hydrogen-bond acceptors (Lipinski definition) is 5. The van der Waals surface area contributed by atoms with Gasteiger partial charge in [0, 0.05) is 33.4 Å². The minimum Gasteiger partial charge on any atom is -0.321 e. The number of aryl methyl sites for hydroxylation is 1. The number of nitrogens with one attached hydrogen (secondary N) is 1. The van der Waals surface area contributed by atoms with Crippen LogP contribution in [0.2, 0.25) is 0 Å². The number of fused-ring (bicyclic) bond motifs is 1. The lowest BCUT2D eigenvalue weighted by atomic mass is 9.87. The molecule has 1 amide bonds. The highest BCUT2D eigenvalue weighted by Crippen LogP contribution is 2.30. The molecule has 0 saturated heterocycles. The number of hydrogen-bond donors (Lipinski definition) is 1. The Hall–Kier alpha value is -2.90. The number of thiazole rings is 1. The molecule has 4 aromatic rings. The van der Waals surface area contributed by atoms with E-state index in [9.17, 15) is 9.59 Å². The van der Waals surface area contributed by atoms with Crippen LogP contribution in [0.15, 0.2) is 69.7 Å². The highest BCUT2D eigenvalue weighted by molar-refractivity contribution is 7.98. The number of anilines is 1. The van der Waals surface area contributed by atoms with Crippen molar-refractivity contribution in [2.24, 2.45) is 0 Å². The monoisotopic (exact) mass is 463 g/mol. The molecule has 0 radical (unpaired) electrons. The van der Waals surface area contributed by atoms with Crippen LogP contribution < -0.4 is 10.9 Å². The zero-order chi connectivity index (χ0) is 22.9. The number of para-hydroxylation sites is 1. The van der Waals surface area contributed by atoms with Gasteiger partial charge in [-0.15, -0.1) is 23.1 Å². The minimum atomic E-state index is -0.148. The van der Waals surface area contributed by atoms with Crippen LogP contribution in [0.4, 0.5) is 5.69 Å². The van der Waals surface area contributed by atoms with E-state index in [1.807, 2.05) is 60.8 Å². The van der Waals surface area contributed by atoms with E-state index in [2.05, 4.69) is 31.1 Å². The molecule has 0 unspecified atom stereocenters. The van der Waals surface area contributed by atoms with Crippen LogP contribution in [0.3, 0.4) is 0 Å². The van der Waals surface area contributed by atoms with Crippen molar-refractivity contribution in [1.82, 2.24) is 9.38 Å². The summed E-state index contributed by atoms with van der Waals surface area (Å²) in [7, 11) is 0. The van der Waals surface area contributed by atoms with Gasteiger partial charge in [0.25, 0.3) is 11.5 Å². The van der Waals surface area contributed by atoms with E-state index in [1.165, 1.54) is 16.9 Å². The first-order valence-electron chi connectivity index (χ1n) is 10.3. The smallest absolute Gasteiger partial charge is 0.258 e. The maximum absolute atomic E-state index is 12.8. The predicted octanol–water partition coefficient (Wildman–Crippen LogP) is 5.91. The summed E-state index contributed by atoms with van der Waals surface area (Å²) in [5.41, 5.74) is 4.14. The number of carbonyl (C=O) groups excluding carboxylic acids is 1. The van der Waals surface area contributed by atoms with Crippen molar-refractivity contribution < 1.29 is 4.79 Å². The highest BCUT2D eigenvalue weighted by atomic mass is 32.2. The van der Waals surface area contributed by atoms with Crippen molar-refractivity contribution in [3.05, 3.63) is 92.8 Å². The van der Waals surface area contributed by atoms with Gasteiger partial charge in [-0.2, -0.15) is 0 Å². The van der Waals surface area contributed by atoms with Gasteiger partial charge in [-0.25, -0.2) is 4.98 Å². The fraction of sp³-hybridized carbons (Fsp3) is 0.240. The molecular formula is C25H25N3O2S2. The lowest BCUT2D eigenvalue weighted by Gasteiger charge is -2.19. The average Bonchev–Trinajstić information content (AvgIpc) is 3.13. The third-order valence-corrected chi connectivity index (χ3v) is 7.20. The number of nitrogens with zero attached hydrogens (tertiary/aromatic N) is 2. The molecular weight excluding hydrogens is 438 g/mol. The Morgan fingerprint density at radius 2 is 1.84 bits per heavy atom. The molecule has 2 heterocycles. The molecule has 4 rings (SSSR count). The van der Waals surface area contributed by atoms with Gasteiger partial charge in [0.05, 0.1) is 11.4 Å². The predicted molar refractivity (Wildman–Crippen MR) is 133 cm³/mol. The van der Waals surface area contributed by atoms with Crippen LogP contribution in [0.25, 0.3) is 4.96 Å². The van der Waals surface area contributed by atoms with Gasteiger partial charge >= 0.3 is 0 Å². The van der Waals surface area contributed by atoms with Crippen molar-refractivity contribution in [3.8, 4) is 0 Å². The highest BCUT2D eigenvalue weighted by Gasteiger charge is 2.15. The maximum atomic E-state index is 12.8. The van der Waals surface area contributed by atoms with E-state index in [4.69, 9.17) is 0 Å². The molecule has 0 aliphatic heterocycles. The summed E-state index contributed by atoms with van der Waals surface area (Å²) in [5.74, 6) is 0.390. The zero-order valence-corrected chi connectivity index (χ0v) is 20.1. The number of thioether (sulfide) groups is 1. The summed E-state index contributed by atoms with van der Waals surface area (Å²) in [4.78, 5) is 31.5. The second kappa shape index (κ2) is 8.92. The first kappa shape index (κ1) is 22.3. The van der Waals surface area contributed by atoms with Crippen molar-refractivity contribution in [3.63, 3.8) is 0 Å². The van der Waals surface area contributed by atoms with Crippen LogP contribution in [0.5, 0.6) is 0 Å². The van der Waals surface area contributed by atoms with Gasteiger partial charge in [0.2, 0.25) is 0 Å². The Kier molecular flexibility index (Phi) is 6.22. The molecule has 2 aromatic carbocycles. The summed E-state index contributed by atoms with van der Waals surface area (Å²) in [6.45, 7) is 8.35. The van der Waals surface area contributed by atoms with Crippen molar-refractivity contribution in [2.75, 3.05) is 5.32 Å². The number of rotatable bonds is 5. The van der Waals surface area contributed by atoms with Gasteiger partial charge in [-0.05, 0) is 42.2 Å². The molecule has 0 aliphatic carbocycles. The summed E-state index contributed by atoms with van der Waals surface area (Å²) in [5, 5.41) is 4.95. The Labute approximate surface area is 195 Å². The van der Waals surface area contributed by atoms with Crippen LogP contribution in [-0.2, 0) is 11.2 Å². The normalized spacial score (nSPS) is 11.6. The second-order valence-electron chi connectivity index (χ2n) is 8.65. The molecule has 32 heavy (non-hydrogen) atoms. The topological polar surface area (TPSA) is 63.5 Å². The van der Waals surface area contributed by atoms with Gasteiger partial charge in [0.15, 0.2) is 4.96 Å². The van der Waals surface area contributed by atoms with E-state index < -0.39 is 0 Å². The number of benzene rings is 2. The maximum Gasteiger partial charge on any atom is 0.258 e. The third-order valence-electron chi connectivity index (χ3n) is 5.15. The quantitative estimate of drug-likeness (QED) is 0.374. The molecule has 0 saturated carbocycles. The van der Waals surface area contributed by atoms with E-state index in [0.717, 1.165) is 22.0 Å². The lowest BCUT2D eigenvalue weighted by molar-refractivity contribution is 0.102. The number of carbonyl (C=O) groups is 1. The summed E-state index contributed by atoms with van der Waals surface area (Å²) in [6, 6.07) is 17.0. The molecule has 0 bridgehead atoms. The van der Waals surface area contributed by atoms with Crippen molar-refractivity contribution in [1.29, 1.82) is 0 Å². The summed E-state index contributed by atoms with van der Waals surface area (Å²) in [6.07, 6.45) is 0. The van der Waals surface area contributed by atoms with E-state index in [0.29, 0.717) is 16.3 Å². The molecule has 0 atom stereocenters. The van der Waals surface area contributed by atoms with Gasteiger partial charge < -0.3 is 5.32 Å². The fourth-order valence-electron chi connectivity index (χ4n) is 3.34. The lowest BCUT2D eigenvalue weighted by Crippen LogP contribution is -2.15. The Morgan fingerprint density at radius 1 is 1.12 bits per heavy atom. The van der Waals surface area contributed by atoms with Gasteiger partial charge in [-0.1, -0.05) is 45.0 Å². The Balaban J connectivity index is 1.49. The van der Waals surface area contributed by atoms with Gasteiger partial charge in [0.1, 0.15) is 0 Å². The molecule has 2 aromatic heterocycles. The molecule has 0 aliphatic rings. The largest absolute Gasteiger partial charge is 0.321 e. The molecule has 0 spiro atoms. The first-order chi connectivity index (χ1) is 15.2. The zero-order valence-electron chi connectivity index (χ0n) is 18.5. The summed E-state index contributed by atoms with van der Waals surface area (Å²) < 4.78 is 1.62. The second-order valence-corrected chi connectivity index (χ2v) is 10.5. The summed E-state index contributed by atoms with van der Waals surface area (Å²) >= 11 is 3.01. The third kappa shape index (κ3) is 4.79. The van der Waals surface area contributed by atoms with Crippen LogP contribution in [0.1, 0.15) is 48.1 Å². The Bertz CT molecular complexity index is 1330. The molecule has 0 fully saturated rings. The molecule has 5 nitrogen and oxygen atoms in total. The Morgan fingerprint density at radius 3 is 2.56 bits per heavy atom. The van der Waals surface area contributed by atoms with E-state index in [-0.39, 0.29) is 16.9 Å². The van der Waals surface area contributed by atoms with Crippen molar-refractivity contribution in [2.45, 2.75) is 43.8 Å². The SMILES string of the molecule is Cc1csc2nc(CSc3ccccc3NC(=O)c3ccc(C(C)(C)C)cc3)cc(=O)n12.